The van der Waals surface area contributed by atoms with Gasteiger partial charge in [-0.15, -0.1) is 17.7 Å². The Morgan fingerprint density at radius 2 is 2.06 bits per heavy atom. The van der Waals surface area contributed by atoms with Crippen molar-refractivity contribution in [2.75, 3.05) is 0 Å². The second-order valence-corrected chi connectivity index (χ2v) is 4.68. The van der Waals surface area contributed by atoms with Crippen LogP contribution in [-0.4, -0.2) is 62.7 Å². The third-order valence-electron chi connectivity index (χ3n) is 1.81. The Balaban J connectivity index is 0.00000144. The molecule has 0 bridgehead atoms. The van der Waals surface area contributed by atoms with E-state index in [0.29, 0.717) is 5.69 Å². The van der Waals surface area contributed by atoms with Gasteiger partial charge in [0.05, 0.1) is 10.6 Å². The maximum Gasteiger partial charge on any atom is 0.294 e. The Morgan fingerprint density at radius 1 is 1.35 bits per heavy atom. The van der Waals surface area contributed by atoms with Crippen molar-refractivity contribution in [1.29, 1.82) is 0 Å². The molecule has 0 saturated heterocycles. The van der Waals surface area contributed by atoms with Gasteiger partial charge in [0.15, 0.2) is 0 Å². The summed E-state index contributed by atoms with van der Waals surface area (Å²) in [5.74, 6) is 0. The first-order valence-electron chi connectivity index (χ1n) is 4.04. The van der Waals surface area contributed by atoms with Crippen LogP contribution in [0.5, 0.6) is 0 Å². The summed E-state index contributed by atoms with van der Waals surface area (Å²) in [6, 6.07) is 5.56. The van der Waals surface area contributed by atoms with E-state index in [1.165, 1.54) is 22.9 Å². The first kappa shape index (κ1) is 14.6. The molecule has 1 aromatic heterocycles. The maximum atomic E-state index is 10.9. The summed E-state index contributed by atoms with van der Waals surface area (Å²) in [5, 5.41) is 10.7. The van der Waals surface area contributed by atoms with E-state index >= 15 is 0 Å². The second kappa shape index (κ2) is 5.46. The van der Waals surface area contributed by atoms with E-state index < -0.39 is 10.1 Å². The summed E-state index contributed by atoms with van der Waals surface area (Å²) in [5.41, 5.74) is 0.394. The standard InChI is InChI=1S/C7H6N4O3S2.Na/c12-16(13,14)6-3-1-2-5(4-6)11-7(15)8-9-10-11;/h1-4H,(H,8,10,15)(H,12,13,14);. The number of nitrogens with zero attached hydrogens (tertiary/aromatic N) is 4. The number of hydrogen-bond donors (Lipinski definition) is 2. The molecule has 0 atom stereocenters. The van der Waals surface area contributed by atoms with E-state index in [4.69, 9.17) is 4.55 Å². The van der Waals surface area contributed by atoms with Crippen molar-refractivity contribution in [3.05, 3.63) is 24.3 Å². The molecule has 0 fully saturated rings. The Kier molecular flexibility index (Phi) is 4.69. The van der Waals surface area contributed by atoms with E-state index in [0.717, 1.165) is 0 Å². The molecule has 10 heteroatoms. The van der Waals surface area contributed by atoms with E-state index in [9.17, 15) is 8.42 Å². The number of rotatable bonds is 2. The molecule has 2 aromatic rings. The van der Waals surface area contributed by atoms with Gasteiger partial charge in [-0.3, -0.25) is 4.55 Å². The molecule has 0 aliphatic heterocycles. The number of aromatic nitrogens is 4. The van der Waals surface area contributed by atoms with Crippen LogP contribution >= 0.6 is 12.6 Å². The van der Waals surface area contributed by atoms with Crippen LogP contribution in [0.1, 0.15) is 0 Å². The largest absolute Gasteiger partial charge is 0.294 e. The van der Waals surface area contributed by atoms with E-state index in [2.05, 4.69) is 28.2 Å². The minimum atomic E-state index is -4.24. The van der Waals surface area contributed by atoms with Crippen LogP contribution in [0.25, 0.3) is 5.69 Å². The number of thiol groups is 1. The molecule has 7 nitrogen and oxygen atoms in total. The fraction of sp³-hybridized carbons (Fsp3) is 0. The van der Waals surface area contributed by atoms with Gasteiger partial charge in [0.1, 0.15) is 0 Å². The van der Waals surface area contributed by atoms with Crippen molar-refractivity contribution in [3.8, 4) is 5.69 Å². The molecule has 1 heterocycles. The molecule has 0 unspecified atom stereocenters. The Hall–Kier alpha value is -0.450. The predicted molar refractivity (Wildman–Crippen MR) is 62.0 cm³/mol. The molecule has 1 radical (unpaired) electrons. The van der Waals surface area contributed by atoms with Crippen molar-refractivity contribution >= 4 is 52.3 Å². The van der Waals surface area contributed by atoms with Crippen LogP contribution in [0.3, 0.4) is 0 Å². The summed E-state index contributed by atoms with van der Waals surface area (Å²) in [6.45, 7) is 0. The minimum Gasteiger partial charge on any atom is -0.282 e. The summed E-state index contributed by atoms with van der Waals surface area (Å²) in [4.78, 5) is -0.228. The SMILES string of the molecule is O=S(=O)(O)c1cccc(-n2nnnc2S)c1.[Na]. The van der Waals surface area contributed by atoms with Gasteiger partial charge < -0.3 is 0 Å². The topological polar surface area (TPSA) is 98.0 Å². The van der Waals surface area contributed by atoms with Gasteiger partial charge in [-0.1, -0.05) is 6.07 Å². The average molecular weight is 281 g/mol. The molecule has 2 rings (SSSR count). The molecule has 17 heavy (non-hydrogen) atoms. The quantitative estimate of drug-likeness (QED) is 0.450. The molecule has 0 spiro atoms. The number of benzene rings is 1. The van der Waals surface area contributed by atoms with Crippen molar-refractivity contribution in [2.45, 2.75) is 10.1 Å². The Bertz CT molecular complexity index is 628. The van der Waals surface area contributed by atoms with Crippen molar-refractivity contribution < 1.29 is 13.0 Å². The fourth-order valence-electron chi connectivity index (χ4n) is 1.13. The first-order valence-corrected chi connectivity index (χ1v) is 5.92. The van der Waals surface area contributed by atoms with E-state index in [1.807, 2.05) is 0 Å². The van der Waals surface area contributed by atoms with Gasteiger partial charge in [-0.05, 0) is 28.6 Å². The van der Waals surface area contributed by atoms with Gasteiger partial charge in [0, 0.05) is 29.6 Å². The van der Waals surface area contributed by atoms with Gasteiger partial charge in [-0.25, -0.2) is 0 Å². The molecule has 1 N–H and O–H groups in total. The monoisotopic (exact) mass is 281 g/mol. The molecule has 0 aliphatic carbocycles. The van der Waals surface area contributed by atoms with Crippen LogP contribution in [0, 0.1) is 0 Å². The molecule has 0 aliphatic rings. The second-order valence-electron chi connectivity index (χ2n) is 2.86. The third-order valence-corrected chi connectivity index (χ3v) is 2.94. The molecular weight excluding hydrogens is 275 g/mol. The Labute approximate surface area is 125 Å². The van der Waals surface area contributed by atoms with Crippen LogP contribution in [0.15, 0.2) is 34.3 Å². The zero-order valence-electron chi connectivity index (χ0n) is 8.72. The van der Waals surface area contributed by atoms with E-state index in [-0.39, 0.29) is 39.6 Å². The van der Waals surface area contributed by atoms with Gasteiger partial charge in [0.2, 0.25) is 5.16 Å². The van der Waals surface area contributed by atoms with Crippen LogP contribution in [0.4, 0.5) is 0 Å². The van der Waals surface area contributed by atoms with Crippen LogP contribution in [0.2, 0.25) is 0 Å². The average Bonchev–Trinajstić information content (AvgIpc) is 2.63. The third kappa shape index (κ3) is 3.27. The maximum absolute atomic E-state index is 10.9. The normalized spacial score (nSPS) is 10.9. The van der Waals surface area contributed by atoms with Gasteiger partial charge in [-0.2, -0.15) is 13.1 Å². The van der Waals surface area contributed by atoms with Crippen LogP contribution < -0.4 is 0 Å². The summed E-state index contributed by atoms with van der Waals surface area (Å²) in [7, 11) is -4.24. The number of hydrogen-bond acceptors (Lipinski definition) is 6. The Morgan fingerprint density at radius 3 is 2.59 bits per heavy atom. The zero-order chi connectivity index (χ0) is 11.8. The number of tetrazole rings is 1. The fourth-order valence-corrected chi connectivity index (χ4v) is 1.84. The van der Waals surface area contributed by atoms with Crippen molar-refractivity contribution in [2.24, 2.45) is 0 Å². The van der Waals surface area contributed by atoms with Crippen LogP contribution in [-0.2, 0) is 10.1 Å². The molecule has 0 amide bonds. The predicted octanol–water partition coefficient (Wildman–Crippen LogP) is -0.183. The van der Waals surface area contributed by atoms with Gasteiger partial charge in [0.25, 0.3) is 10.1 Å². The first-order chi connectivity index (χ1) is 7.48. The molecule has 85 valence electrons. The molecular formula is C7H6N4NaO3S2. The molecule has 1 aromatic carbocycles. The smallest absolute Gasteiger partial charge is 0.282 e. The van der Waals surface area contributed by atoms with E-state index in [1.54, 1.807) is 6.07 Å². The summed E-state index contributed by atoms with van der Waals surface area (Å²) >= 11 is 3.98. The van der Waals surface area contributed by atoms with Gasteiger partial charge >= 0.3 is 0 Å². The molecule has 0 saturated carbocycles. The summed E-state index contributed by atoms with van der Waals surface area (Å²) in [6.07, 6.45) is 0. The van der Waals surface area contributed by atoms with Crippen molar-refractivity contribution in [3.63, 3.8) is 0 Å². The summed E-state index contributed by atoms with van der Waals surface area (Å²) < 4.78 is 31.9. The zero-order valence-corrected chi connectivity index (χ0v) is 12.4. The van der Waals surface area contributed by atoms with Crippen molar-refractivity contribution in [1.82, 2.24) is 20.2 Å². The minimum absolute atomic E-state index is 0.